The predicted octanol–water partition coefficient (Wildman–Crippen LogP) is 6.63. The lowest BCUT2D eigenvalue weighted by molar-refractivity contribution is -0.118. The van der Waals surface area contributed by atoms with Crippen molar-refractivity contribution in [3.05, 3.63) is 87.1 Å². The van der Waals surface area contributed by atoms with Crippen LogP contribution in [0.4, 0.5) is 15.8 Å². The third kappa shape index (κ3) is 6.31. The fraction of sp³-hybridized carbons (Fsp3) is 0.167. The van der Waals surface area contributed by atoms with E-state index in [1.807, 2.05) is 32.0 Å². The van der Waals surface area contributed by atoms with Gasteiger partial charge in [0.25, 0.3) is 11.8 Å². The van der Waals surface area contributed by atoms with E-state index in [0.29, 0.717) is 22.7 Å². The summed E-state index contributed by atoms with van der Waals surface area (Å²) in [7, 11) is 0. The van der Waals surface area contributed by atoms with Crippen molar-refractivity contribution >= 4 is 50.7 Å². The Labute approximate surface area is 199 Å². The van der Waals surface area contributed by atoms with Crippen LogP contribution >= 0.6 is 27.5 Å². The Morgan fingerprint density at radius 1 is 1.03 bits per heavy atom. The minimum atomic E-state index is -0.569. The molecule has 0 bridgehead atoms. The average molecular weight is 520 g/mol. The smallest absolute Gasteiger partial charge is 0.262 e. The average Bonchev–Trinajstić information content (AvgIpc) is 2.75. The van der Waals surface area contributed by atoms with E-state index >= 15 is 0 Å². The van der Waals surface area contributed by atoms with E-state index in [0.717, 1.165) is 10.0 Å². The number of carbonyl (C=O) groups excluding carboxylic acids is 2. The molecule has 0 spiro atoms. The molecular weight excluding hydrogens is 499 g/mol. The summed E-state index contributed by atoms with van der Waals surface area (Å²) < 4.78 is 19.9. The van der Waals surface area contributed by atoms with E-state index in [1.165, 1.54) is 24.3 Å². The lowest BCUT2D eigenvalue weighted by atomic mass is 10.0. The molecule has 0 aliphatic carbocycles. The van der Waals surface area contributed by atoms with Gasteiger partial charge in [-0.3, -0.25) is 9.59 Å². The lowest BCUT2D eigenvalue weighted by Gasteiger charge is -2.14. The number of carbonyl (C=O) groups is 2. The predicted molar refractivity (Wildman–Crippen MR) is 128 cm³/mol. The Bertz CT molecular complexity index is 1150. The molecular formula is C24H21BrClFN2O3. The minimum Gasteiger partial charge on any atom is -0.483 e. The molecule has 0 saturated carbocycles. The summed E-state index contributed by atoms with van der Waals surface area (Å²) in [4.78, 5) is 24.9. The highest BCUT2D eigenvalue weighted by atomic mass is 79.9. The Morgan fingerprint density at radius 3 is 2.50 bits per heavy atom. The van der Waals surface area contributed by atoms with E-state index in [9.17, 15) is 14.0 Å². The largest absolute Gasteiger partial charge is 0.483 e. The van der Waals surface area contributed by atoms with Gasteiger partial charge in [0.05, 0.1) is 5.02 Å². The number of hydrogen-bond acceptors (Lipinski definition) is 3. The molecule has 0 saturated heterocycles. The van der Waals surface area contributed by atoms with E-state index in [4.69, 9.17) is 16.3 Å². The summed E-state index contributed by atoms with van der Waals surface area (Å²) in [5.74, 6) is -0.469. The molecule has 0 fully saturated rings. The first-order chi connectivity index (χ1) is 15.2. The van der Waals surface area contributed by atoms with Crippen molar-refractivity contribution in [2.45, 2.75) is 19.8 Å². The number of benzene rings is 3. The quantitative estimate of drug-likeness (QED) is 0.368. The summed E-state index contributed by atoms with van der Waals surface area (Å²) >= 11 is 9.19. The van der Waals surface area contributed by atoms with Crippen LogP contribution in [0.25, 0.3) is 0 Å². The second kappa shape index (κ2) is 10.6. The molecule has 0 unspecified atom stereocenters. The molecule has 0 heterocycles. The number of halogens is 3. The van der Waals surface area contributed by atoms with Gasteiger partial charge < -0.3 is 15.4 Å². The van der Waals surface area contributed by atoms with Crippen LogP contribution in [-0.4, -0.2) is 18.4 Å². The number of nitrogens with one attached hydrogen (secondary N) is 2. The molecule has 3 aromatic rings. The van der Waals surface area contributed by atoms with Crippen molar-refractivity contribution in [3.8, 4) is 5.75 Å². The summed E-state index contributed by atoms with van der Waals surface area (Å²) in [6.07, 6.45) is 0. The monoisotopic (exact) mass is 518 g/mol. The van der Waals surface area contributed by atoms with Gasteiger partial charge in [-0.2, -0.15) is 0 Å². The Hall–Kier alpha value is -2.90. The number of amides is 2. The Morgan fingerprint density at radius 2 is 1.78 bits per heavy atom. The van der Waals surface area contributed by atoms with E-state index in [1.54, 1.807) is 18.2 Å². The number of ether oxygens (including phenoxy) is 1. The highest BCUT2D eigenvalue weighted by molar-refractivity contribution is 9.10. The van der Waals surface area contributed by atoms with Gasteiger partial charge in [-0.15, -0.1) is 0 Å². The molecule has 2 amide bonds. The molecule has 3 aromatic carbocycles. The highest BCUT2D eigenvalue weighted by Crippen LogP contribution is 2.29. The minimum absolute atomic E-state index is 0.0878. The first-order valence-electron chi connectivity index (χ1n) is 9.81. The number of hydrogen-bond donors (Lipinski definition) is 2. The zero-order valence-electron chi connectivity index (χ0n) is 17.4. The molecule has 0 aromatic heterocycles. The van der Waals surface area contributed by atoms with Crippen LogP contribution < -0.4 is 15.4 Å². The van der Waals surface area contributed by atoms with Crippen LogP contribution in [0.2, 0.25) is 5.02 Å². The van der Waals surface area contributed by atoms with Crippen LogP contribution in [0.5, 0.6) is 5.75 Å². The normalized spacial score (nSPS) is 10.7. The van der Waals surface area contributed by atoms with Crippen LogP contribution in [0.15, 0.2) is 65.1 Å². The summed E-state index contributed by atoms with van der Waals surface area (Å²) in [6, 6.07) is 16.0. The second-order valence-electron chi connectivity index (χ2n) is 7.34. The summed E-state index contributed by atoms with van der Waals surface area (Å²) in [5, 5.41) is 5.28. The van der Waals surface area contributed by atoms with Gasteiger partial charge in [0.1, 0.15) is 11.6 Å². The first kappa shape index (κ1) is 23.8. The summed E-state index contributed by atoms with van der Waals surface area (Å²) in [6.45, 7) is 3.92. The third-order valence-electron chi connectivity index (χ3n) is 4.54. The second-order valence-corrected chi connectivity index (χ2v) is 8.66. The Kier molecular flexibility index (Phi) is 7.88. The molecule has 0 aliphatic heterocycles. The van der Waals surface area contributed by atoms with Gasteiger partial charge in [-0.05, 0) is 66.1 Å². The van der Waals surface area contributed by atoms with Crippen molar-refractivity contribution in [2.75, 3.05) is 17.2 Å². The maximum Gasteiger partial charge on any atom is 0.262 e. The Balaban J connectivity index is 1.62. The van der Waals surface area contributed by atoms with Gasteiger partial charge in [0.2, 0.25) is 0 Å². The van der Waals surface area contributed by atoms with Crippen LogP contribution in [0, 0.1) is 5.82 Å². The molecule has 2 N–H and O–H groups in total. The zero-order valence-corrected chi connectivity index (χ0v) is 19.8. The van der Waals surface area contributed by atoms with E-state index < -0.39 is 11.7 Å². The van der Waals surface area contributed by atoms with Gasteiger partial charge in [0, 0.05) is 21.4 Å². The van der Waals surface area contributed by atoms with Gasteiger partial charge >= 0.3 is 0 Å². The number of anilines is 2. The molecule has 0 radical (unpaired) electrons. The standard InChI is InChI=1S/C24H21BrClFN2O3/c1-14(2)19-11-16(25)6-9-22(19)32-13-23(30)28-17-5-3-4-15(10-17)24(31)29-18-7-8-21(27)20(26)12-18/h3-12,14H,13H2,1-2H3,(H,28,30)(H,29,31). The van der Waals surface area contributed by atoms with Gasteiger partial charge in [0.15, 0.2) is 6.61 Å². The van der Waals surface area contributed by atoms with Gasteiger partial charge in [-0.1, -0.05) is 47.4 Å². The first-order valence-corrected chi connectivity index (χ1v) is 11.0. The molecule has 0 atom stereocenters. The molecule has 166 valence electrons. The van der Waals surface area contributed by atoms with E-state index in [2.05, 4.69) is 26.6 Å². The fourth-order valence-corrected chi connectivity index (χ4v) is 3.52. The van der Waals surface area contributed by atoms with Crippen molar-refractivity contribution in [1.82, 2.24) is 0 Å². The topological polar surface area (TPSA) is 67.4 Å². The van der Waals surface area contributed by atoms with Crippen LogP contribution in [-0.2, 0) is 4.79 Å². The maximum atomic E-state index is 13.3. The van der Waals surface area contributed by atoms with E-state index in [-0.39, 0.29) is 23.5 Å². The molecule has 3 rings (SSSR count). The van der Waals surface area contributed by atoms with Crippen molar-refractivity contribution in [2.24, 2.45) is 0 Å². The molecule has 0 aliphatic rings. The van der Waals surface area contributed by atoms with Crippen LogP contribution in [0.3, 0.4) is 0 Å². The molecule has 32 heavy (non-hydrogen) atoms. The zero-order chi connectivity index (χ0) is 23.3. The number of rotatable bonds is 7. The molecule has 8 heteroatoms. The maximum absolute atomic E-state index is 13.3. The van der Waals surface area contributed by atoms with Crippen molar-refractivity contribution in [3.63, 3.8) is 0 Å². The lowest BCUT2D eigenvalue weighted by Crippen LogP contribution is -2.21. The fourth-order valence-electron chi connectivity index (χ4n) is 2.96. The summed E-state index contributed by atoms with van der Waals surface area (Å²) in [5.41, 5.74) is 2.12. The van der Waals surface area contributed by atoms with Crippen LogP contribution in [0.1, 0.15) is 35.7 Å². The SMILES string of the molecule is CC(C)c1cc(Br)ccc1OCC(=O)Nc1cccc(C(=O)Nc2ccc(F)c(Cl)c2)c1. The van der Waals surface area contributed by atoms with Gasteiger partial charge in [-0.25, -0.2) is 4.39 Å². The van der Waals surface area contributed by atoms with Crippen molar-refractivity contribution < 1.29 is 18.7 Å². The highest BCUT2D eigenvalue weighted by Gasteiger charge is 2.12. The molecule has 5 nitrogen and oxygen atoms in total. The third-order valence-corrected chi connectivity index (χ3v) is 5.32. The van der Waals surface area contributed by atoms with Crippen molar-refractivity contribution in [1.29, 1.82) is 0 Å².